The van der Waals surface area contributed by atoms with Crippen LogP contribution in [0.4, 0.5) is 0 Å². The molecule has 1 aliphatic heterocycles. The number of nitrogens with zero attached hydrogens (tertiary/aromatic N) is 1. The van der Waals surface area contributed by atoms with Crippen molar-refractivity contribution in [3.05, 3.63) is 69.0 Å². The van der Waals surface area contributed by atoms with Crippen LogP contribution >= 0.6 is 0 Å². The first-order chi connectivity index (χ1) is 10.1. The lowest BCUT2D eigenvalue weighted by Gasteiger charge is -2.15. The third kappa shape index (κ3) is 2.50. The number of H-pyrrole nitrogens is 1. The topological polar surface area (TPSA) is 103 Å². The van der Waals surface area contributed by atoms with Crippen molar-refractivity contribution in [3.8, 4) is 0 Å². The number of hydrogen-bond donors (Lipinski definition) is 2. The van der Waals surface area contributed by atoms with E-state index in [0.29, 0.717) is 0 Å². The van der Waals surface area contributed by atoms with Gasteiger partial charge in [0.2, 0.25) is 5.66 Å². The number of carbonyl (C=O) groups excluding carboxylic acids is 1. The quantitative estimate of drug-likeness (QED) is 0.585. The van der Waals surface area contributed by atoms with Gasteiger partial charge in [0.1, 0.15) is 6.61 Å². The summed E-state index contributed by atoms with van der Waals surface area (Å²) in [5.41, 5.74) is -1.51. The number of carbonyl (C=O) groups is 1. The summed E-state index contributed by atoms with van der Waals surface area (Å²) in [5, 5.41) is 2.83. The van der Waals surface area contributed by atoms with Gasteiger partial charge in [-0.3, -0.25) is 19.7 Å². The molecule has 3 rings (SSSR count). The second-order valence-electron chi connectivity index (χ2n) is 4.76. The number of nitrogens with one attached hydrogen (secondary N) is 2. The predicted molar refractivity (Wildman–Crippen MR) is 73.5 cm³/mol. The van der Waals surface area contributed by atoms with Crippen LogP contribution in [0.1, 0.15) is 5.56 Å². The molecule has 108 valence electrons. The van der Waals surface area contributed by atoms with Gasteiger partial charge in [-0.1, -0.05) is 30.3 Å². The summed E-state index contributed by atoms with van der Waals surface area (Å²) in [4.78, 5) is 37.1. The molecular weight excluding hydrogens is 274 g/mol. The van der Waals surface area contributed by atoms with Crippen LogP contribution in [0.2, 0.25) is 0 Å². The fourth-order valence-corrected chi connectivity index (χ4v) is 2.06. The second-order valence-corrected chi connectivity index (χ2v) is 4.76. The van der Waals surface area contributed by atoms with E-state index in [2.05, 4.69) is 10.3 Å². The number of benzene rings is 1. The first kappa shape index (κ1) is 13.3. The highest BCUT2D eigenvalue weighted by Gasteiger charge is 2.54. The van der Waals surface area contributed by atoms with Gasteiger partial charge in [0, 0.05) is 18.8 Å². The van der Waals surface area contributed by atoms with Crippen LogP contribution in [0.25, 0.3) is 0 Å². The Morgan fingerprint density at radius 2 is 1.95 bits per heavy atom. The lowest BCUT2D eigenvalue weighted by molar-refractivity contribution is -0.151. The van der Waals surface area contributed by atoms with Gasteiger partial charge in [-0.05, 0) is 5.56 Å². The number of esters is 1. The summed E-state index contributed by atoms with van der Waals surface area (Å²) in [7, 11) is 0. The molecule has 1 aromatic heterocycles. The normalized spacial score (nSPS) is 20.0. The van der Waals surface area contributed by atoms with Crippen molar-refractivity contribution in [1.82, 2.24) is 14.9 Å². The fourth-order valence-electron chi connectivity index (χ4n) is 2.06. The van der Waals surface area contributed by atoms with Crippen molar-refractivity contribution in [3.63, 3.8) is 0 Å². The van der Waals surface area contributed by atoms with E-state index in [-0.39, 0.29) is 13.2 Å². The number of aromatic amines is 1. The molecule has 0 amide bonds. The molecule has 0 saturated carbocycles. The molecule has 1 saturated heterocycles. The predicted octanol–water partition coefficient (Wildman–Crippen LogP) is -0.464. The summed E-state index contributed by atoms with van der Waals surface area (Å²) in [6.45, 7) is 0.410. The summed E-state index contributed by atoms with van der Waals surface area (Å²) in [5.74, 6) is -0.555. The molecule has 2 aromatic rings. The van der Waals surface area contributed by atoms with Crippen molar-refractivity contribution in [2.45, 2.75) is 12.3 Å². The number of rotatable bonds is 4. The minimum atomic E-state index is -1.21. The van der Waals surface area contributed by atoms with Crippen LogP contribution in [-0.2, 0) is 21.8 Å². The molecule has 1 aromatic carbocycles. The number of aromatic nitrogens is 2. The van der Waals surface area contributed by atoms with Crippen LogP contribution in [0.5, 0.6) is 0 Å². The molecule has 0 radical (unpaired) electrons. The molecule has 2 N–H and O–H groups in total. The maximum absolute atomic E-state index is 12.2. The highest BCUT2D eigenvalue weighted by Crippen LogP contribution is 2.24. The van der Waals surface area contributed by atoms with Crippen LogP contribution < -0.4 is 16.6 Å². The van der Waals surface area contributed by atoms with Crippen molar-refractivity contribution >= 4 is 5.97 Å². The molecule has 7 nitrogen and oxygen atoms in total. The third-order valence-corrected chi connectivity index (χ3v) is 3.30. The zero-order valence-corrected chi connectivity index (χ0v) is 11.0. The lowest BCUT2D eigenvalue weighted by Crippen LogP contribution is -2.43. The lowest BCUT2D eigenvalue weighted by atomic mass is 10.2. The summed E-state index contributed by atoms with van der Waals surface area (Å²) < 4.78 is 6.38. The average Bonchev–Trinajstić information content (AvgIpc) is 3.27. The first-order valence-electron chi connectivity index (χ1n) is 6.40. The van der Waals surface area contributed by atoms with Gasteiger partial charge in [0.05, 0.1) is 0 Å². The fraction of sp³-hybridized carbons (Fsp3) is 0.214. The Bertz CT molecular complexity index is 775. The Labute approximate surface area is 119 Å². The molecule has 2 heterocycles. The first-order valence-corrected chi connectivity index (χ1v) is 6.40. The van der Waals surface area contributed by atoms with Crippen molar-refractivity contribution < 1.29 is 9.53 Å². The summed E-state index contributed by atoms with van der Waals surface area (Å²) in [6, 6.07) is 10.4. The van der Waals surface area contributed by atoms with Gasteiger partial charge in [0.15, 0.2) is 0 Å². The maximum atomic E-state index is 12.2. The van der Waals surface area contributed by atoms with Crippen molar-refractivity contribution in [2.24, 2.45) is 0 Å². The van der Waals surface area contributed by atoms with E-state index < -0.39 is 22.9 Å². The van der Waals surface area contributed by atoms with E-state index in [4.69, 9.17) is 4.74 Å². The maximum Gasteiger partial charge on any atom is 0.349 e. The summed E-state index contributed by atoms with van der Waals surface area (Å²) in [6.07, 6.45) is 1.28. The number of ether oxygens (including phenoxy) is 1. The molecule has 0 aliphatic carbocycles. The van der Waals surface area contributed by atoms with Crippen LogP contribution in [0, 0.1) is 0 Å². The Hall–Kier alpha value is -2.67. The van der Waals surface area contributed by atoms with E-state index >= 15 is 0 Å². The van der Waals surface area contributed by atoms with E-state index in [0.717, 1.165) is 10.1 Å². The number of hydrogen-bond acceptors (Lipinski definition) is 5. The van der Waals surface area contributed by atoms with Gasteiger partial charge in [-0.15, -0.1) is 0 Å². The van der Waals surface area contributed by atoms with Crippen molar-refractivity contribution in [2.75, 3.05) is 6.54 Å². The molecule has 21 heavy (non-hydrogen) atoms. The molecule has 0 spiro atoms. The Morgan fingerprint density at radius 3 is 2.57 bits per heavy atom. The van der Waals surface area contributed by atoms with Crippen molar-refractivity contribution in [1.29, 1.82) is 0 Å². The van der Waals surface area contributed by atoms with Gasteiger partial charge < -0.3 is 4.74 Å². The SMILES string of the molecule is O=C(OCc1ccccc1)C1(n2ccc(=O)[nH]c2=O)CN1. The zero-order valence-electron chi connectivity index (χ0n) is 11.0. The molecule has 1 atom stereocenters. The molecule has 0 bridgehead atoms. The van der Waals surface area contributed by atoms with E-state index in [1.54, 1.807) is 0 Å². The summed E-state index contributed by atoms with van der Waals surface area (Å²) >= 11 is 0. The third-order valence-electron chi connectivity index (χ3n) is 3.30. The smallest absolute Gasteiger partial charge is 0.349 e. The Kier molecular flexibility index (Phi) is 3.19. The molecular formula is C14H13N3O4. The highest BCUT2D eigenvalue weighted by molar-refractivity contribution is 5.81. The van der Waals surface area contributed by atoms with Gasteiger partial charge in [-0.25, -0.2) is 9.59 Å². The van der Waals surface area contributed by atoms with Crippen LogP contribution in [-0.4, -0.2) is 22.1 Å². The van der Waals surface area contributed by atoms with E-state index in [1.807, 2.05) is 30.3 Å². The molecule has 1 aliphatic rings. The minimum Gasteiger partial charge on any atom is -0.458 e. The molecule has 1 unspecified atom stereocenters. The Morgan fingerprint density at radius 1 is 1.24 bits per heavy atom. The molecule has 7 heteroatoms. The average molecular weight is 287 g/mol. The second kappa shape index (κ2) is 5.02. The van der Waals surface area contributed by atoms with Gasteiger partial charge in [-0.2, -0.15) is 0 Å². The Balaban J connectivity index is 1.78. The monoisotopic (exact) mass is 287 g/mol. The highest BCUT2D eigenvalue weighted by atomic mass is 16.5. The van der Waals surface area contributed by atoms with Gasteiger partial charge >= 0.3 is 11.7 Å². The van der Waals surface area contributed by atoms with Crippen LogP contribution in [0.3, 0.4) is 0 Å². The van der Waals surface area contributed by atoms with Crippen LogP contribution in [0.15, 0.2) is 52.2 Å². The van der Waals surface area contributed by atoms with Gasteiger partial charge in [0.25, 0.3) is 5.56 Å². The largest absolute Gasteiger partial charge is 0.458 e. The van der Waals surface area contributed by atoms with E-state index in [9.17, 15) is 14.4 Å². The molecule has 1 fully saturated rings. The minimum absolute atomic E-state index is 0.126. The van der Waals surface area contributed by atoms with E-state index in [1.165, 1.54) is 12.3 Å². The zero-order chi connectivity index (χ0) is 14.9. The standard InChI is InChI=1S/C14H13N3O4/c18-11-6-7-17(13(20)16-11)14(9-15-14)12(19)21-8-10-4-2-1-3-5-10/h1-7,15H,8-9H2,(H,16,18,20).